The number of hydrogen-bond acceptors (Lipinski definition) is 0. The van der Waals surface area contributed by atoms with Crippen molar-refractivity contribution in [3.05, 3.63) is 206 Å². The van der Waals surface area contributed by atoms with Crippen molar-refractivity contribution in [2.45, 2.75) is 13.8 Å². The molecular weight excluding hydrogens is 807 g/mol. The monoisotopic (exact) mass is 845 g/mol. The fourth-order valence-electron chi connectivity index (χ4n) is 7.13. The van der Waals surface area contributed by atoms with Crippen molar-refractivity contribution in [3.63, 3.8) is 0 Å². The molecule has 52 heavy (non-hydrogen) atoms. The minimum atomic E-state index is 0. The number of hydrogen-bond donors (Lipinski definition) is 0. The summed E-state index contributed by atoms with van der Waals surface area (Å²) in [6.07, 6.45) is 1.96. The number of benzene rings is 7. The minimum absolute atomic E-state index is 0. The second-order valence-electron chi connectivity index (χ2n) is 13.2. The van der Waals surface area contributed by atoms with Crippen LogP contribution in [0.2, 0.25) is 0 Å². The van der Waals surface area contributed by atoms with Crippen LogP contribution in [0.4, 0.5) is 0 Å². The molecule has 0 aliphatic carbocycles. The second kappa shape index (κ2) is 15.2. The van der Waals surface area contributed by atoms with E-state index in [9.17, 15) is 0 Å². The van der Waals surface area contributed by atoms with Gasteiger partial charge in [0, 0.05) is 27.2 Å². The van der Waals surface area contributed by atoms with Crippen molar-refractivity contribution < 1.29 is 24.7 Å². The Kier molecular flexibility index (Phi) is 10.1. The zero-order chi connectivity index (χ0) is 34.7. The van der Waals surface area contributed by atoms with Gasteiger partial charge < -0.3 is 4.57 Å². The molecule has 0 saturated heterocycles. The fourth-order valence-corrected chi connectivity index (χ4v) is 7.13. The third-order valence-corrected chi connectivity index (χ3v) is 9.79. The van der Waals surface area contributed by atoms with E-state index in [2.05, 4.69) is 185 Å². The maximum atomic E-state index is 4.12. The van der Waals surface area contributed by atoms with Gasteiger partial charge in [-0.1, -0.05) is 133 Å². The molecule has 0 N–H and O–H groups in total. The molecule has 0 amide bonds. The van der Waals surface area contributed by atoms with Gasteiger partial charge >= 0.3 is 0 Å². The van der Waals surface area contributed by atoms with Crippen molar-refractivity contribution in [2.75, 3.05) is 0 Å². The number of aromatic nitrogens is 1. The van der Waals surface area contributed by atoms with Crippen LogP contribution in [-0.4, -0.2) is 0 Å². The van der Waals surface area contributed by atoms with E-state index in [0.29, 0.717) is 0 Å². The van der Waals surface area contributed by atoms with Gasteiger partial charge in [-0.3, -0.25) is 0 Å². The normalized spacial score (nSPS) is 10.8. The second-order valence-corrected chi connectivity index (χ2v) is 13.2. The predicted octanol–water partition coefficient (Wildman–Crippen LogP) is 12.7. The van der Waals surface area contributed by atoms with E-state index >= 15 is 0 Å². The van der Waals surface area contributed by atoms with Gasteiger partial charge in [-0.25, -0.2) is 0 Å². The molecule has 0 atom stereocenters. The summed E-state index contributed by atoms with van der Waals surface area (Å²) in [6, 6.07) is 66.6. The zero-order valence-electron chi connectivity index (χ0n) is 29.3. The van der Waals surface area contributed by atoms with E-state index in [1.807, 2.05) is 29.0 Å². The van der Waals surface area contributed by atoms with Crippen LogP contribution in [0.3, 0.4) is 0 Å². The first kappa shape index (κ1) is 34.6. The van der Waals surface area contributed by atoms with Gasteiger partial charge in [0.1, 0.15) is 5.69 Å². The molecule has 1 nitrogen and oxygen atoms in total. The van der Waals surface area contributed by atoms with E-state index in [1.54, 1.807) is 0 Å². The summed E-state index contributed by atoms with van der Waals surface area (Å²) >= 11 is 0. The van der Waals surface area contributed by atoms with Crippen molar-refractivity contribution in [1.29, 1.82) is 0 Å². The van der Waals surface area contributed by atoms with Gasteiger partial charge in [0.25, 0.3) is 0 Å². The van der Waals surface area contributed by atoms with E-state index in [-0.39, 0.29) is 20.1 Å². The zero-order valence-corrected chi connectivity index (χ0v) is 31.7. The molecule has 0 saturated carbocycles. The van der Waals surface area contributed by atoms with Gasteiger partial charge in [0.2, 0.25) is 0 Å². The number of nitrogens with zero attached hydrogens (tertiary/aromatic N) is 1. The van der Waals surface area contributed by atoms with Gasteiger partial charge in [-0.2, -0.15) is 0 Å². The SMILES string of the molecule is [CH2-][n+]1ccccc1-c1[c-]ccc(-c2ccc(-c3cccc(-c4cccc(-c5cccc(-c6cccc(-c7c(C)cccc7C)c6)c5)c4)c3)cc2)c1.[Ir]. The predicted molar refractivity (Wildman–Crippen MR) is 214 cm³/mol. The number of pyridine rings is 1. The summed E-state index contributed by atoms with van der Waals surface area (Å²) in [5.41, 5.74) is 19.2. The Labute approximate surface area is 321 Å². The molecular formula is C50H38IrN-. The van der Waals surface area contributed by atoms with Crippen LogP contribution in [0, 0.1) is 27.0 Å². The van der Waals surface area contributed by atoms with Crippen molar-refractivity contribution >= 4 is 0 Å². The molecule has 0 fully saturated rings. The smallest absolute Gasteiger partial charge is 0.115 e. The molecule has 8 aromatic rings. The Hall–Kier alpha value is -5.79. The first-order valence-electron chi connectivity index (χ1n) is 17.4. The van der Waals surface area contributed by atoms with Crippen molar-refractivity contribution in [3.8, 4) is 78.0 Å². The molecule has 0 unspecified atom stereocenters. The first-order valence-corrected chi connectivity index (χ1v) is 17.4. The van der Waals surface area contributed by atoms with Gasteiger partial charge in [-0.15, -0.1) is 29.8 Å². The standard InChI is InChI=1S/C50H38N.Ir/c1-35-12-6-13-36(2)50(35)48-23-11-21-46(34-48)45-20-9-19-44(32-45)43-18-8-17-42(31-43)41-16-7-14-39(30-41)37-25-27-38(28-26-37)40-15-10-22-47(33-40)49-24-4-5-29-51(49)3;/h4-21,23-34H,3H2,1-2H3;/q-1;. The van der Waals surface area contributed by atoms with Crippen molar-refractivity contribution in [2.24, 2.45) is 0 Å². The Morgan fingerprint density at radius 3 is 1.29 bits per heavy atom. The van der Waals surface area contributed by atoms with Crippen LogP contribution in [0.5, 0.6) is 0 Å². The van der Waals surface area contributed by atoms with Crippen LogP contribution in [0.25, 0.3) is 78.0 Å². The molecule has 1 aromatic heterocycles. The van der Waals surface area contributed by atoms with Gasteiger partial charge in [0.05, 0.1) is 6.20 Å². The summed E-state index contributed by atoms with van der Waals surface area (Å²) < 4.78 is 1.88. The van der Waals surface area contributed by atoms with Gasteiger partial charge in [0.15, 0.2) is 0 Å². The molecule has 253 valence electrons. The van der Waals surface area contributed by atoms with Crippen LogP contribution >= 0.6 is 0 Å². The molecule has 0 spiro atoms. The maximum absolute atomic E-state index is 4.12. The van der Waals surface area contributed by atoms with Crippen LogP contribution in [0.1, 0.15) is 11.1 Å². The summed E-state index contributed by atoms with van der Waals surface area (Å²) in [4.78, 5) is 0. The largest absolute Gasteiger partial charge is 0.321 e. The van der Waals surface area contributed by atoms with E-state index in [1.165, 1.54) is 72.3 Å². The summed E-state index contributed by atoms with van der Waals surface area (Å²) in [7, 11) is 4.12. The topological polar surface area (TPSA) is 3.88 Å². The molecule has 1 radical (unpaired) electrons. The molecule has 8 rings (SSSR count). The van der Waals surface area contributed by atoms with Gasteiger partial charge in [-0.05, 0) is 117 Å². The number of rotatable bonds is 7. The third-order valence-electron chi connectivity index (χ3n) is 9.79. The maximum Gasteiger partial charge on any atom is 0.115 e. The average Bonchev–Trinajstić information content (AvgIpc) is 3.18. The fraction of sp³-hybridized carbons (Fsp3) is 0.0400. The quantitative estimate of drug-likeness (QED) is 0.111. The van der Waals surface area contributed by atoms with E-state index < -0.39 is 0 Å². The van der Waals surface area contributed by atoms with Crippen LogP contribution in [0.15, 0.2) is 182 Å². The molecule has 2 heteroatoms. The Morgan fingerprint density at radius 2 is 0.808 bits per heavy atom. The third kappa shape index (κ3) is 7.18. The minimum Gasteiger partial charge on any atom is -0.321 e. The molecule has 0 aliphatic heterocycles. The number of aryl methyl sites for hydroxylation is 2. The Morgan fingerprint density at radius 1 is 0.404 bits per heavy atom. The van der Waals surface area contributed by atoms with E-state index in [4.69, 9.17) is 0 Å². The molecule has 1 heterocycles. The molecule has 7 aromatic carbocycles. The van der Waals surface area contributed by atoms with E-state index in [0.717, 1.165) is 16.8 Å². The molecule has 0 aliphatic rings. The summed E-state index contributed by atoms with van der Waals surface area (Å²) in [5.74, 6) is 0. The summed E-state index contributed by atoms with van der Waals surface area (Å²) in [6.45, 7) is 4.39. The van der Waals surface area contributed by atoms with Crippen molar-refractivity contribution in [1.82, 2.24) is 0 Å². The van der Waals surface area contributed by atoms with Crippen LogP contribution < -0.4 is 4.57 Å². The van der Waals surface area contributed by atoms with Crippen LogP contribution in [-0.2, 0) is 20.1 Å². The summed E-state index contributed by atoms with van der Waals surface area (Å²) in [5, 5.41) is 0. The molecule has 0 bridgehead atoms. The average molecular weight is 845 g/mol. The first-order chi connectivity index (χ1) is 25.0. The Balaban J connectivity index is 0.00000420. The Bertz CT molecular complexity index is 2490.